The Morgan fingerprint density at radius 2 is 2.05 bits per heavy atom. The molecule has 0 atom stereocenters. The SMILES string of the molecule is CCc1cnc(CCNc2ccccc2S(C)(=O)=O)s1. The van der Waals surface area contributed by atoms with E-state index in [9.17, 15) is 8.42 Å². The number of hydrogen-bond acceptors (Lipinski definition) is 5. The molecule has 1 aromatic carbocycles. The molecular weight excluding hydrogens is 292 g/mol. The Hall–Kier alpha value is -1.40. The molecule has 1 aromatic heterocycles. The van der Waals surface area contributed by atoms with E-state index in [2.05, 4.69) is 17.2 Å². The molecule has 20 heavy (non-hydrogen) atoms. The van der Waals surface area contributed by atoms with E-state index in [1.165, 1.54) is 11.1 Å². The van der Waals surface area contributed by atoms with Crippen molar-refractivity contribution in [2.75, 3.05) is 18.1 Å². The number of hydrogen-bond donors (Lipinski definition) is 1. The Bertz CT molecular complexity index is 678. The summed E-state index contributed by atoms with van der Waals surface area (Å²) in [6, 6.07) is 6.97. The number of thiazole rings is 1. The molecule has 4 nitrogen and oxygen atoms in total. The molecule has 0 spiro atoms. The number of nitrogens with one attached hydrogen (secondary N) is 1. The van der Waals surface area contributed by atoms with Crippen molar-refractivity contribution in [2.24, 2.45) is 0 Å². The van der Waals surface area contributed by atoms with Gasteiger partial charge in [-0.2, -0.15) is 0 Å². The largest absolute Gasteiger partial charge is 0.384 e. The van der Waals surface area contributed by atoms with Crippen LogP contribution in [0.3, 0.4) is 0 Å². The fourth-order valence-electron chi connectivity index (χ4n) is 1.87. The second-order valence-corrected chi connectivity index (χ2v) is 7.70. The zero-order chi connectivity index (χ0) is 14.6. The summed E-state index contributed by atoms with van der Waals surface area (Å²) in [4.78, 5) is 5.97. The minimum atomic E-state index is -3.20. The molecule has 0 radical (unpaired) electrons. The van der Waals surface area contributed by atoms with Gasteiger partial charge >= 0.3 is 0 Å². The summed E-state index contributed by atoms with van der Waals surface area (Å²) in [5, 5.41) is 4.26. The van der Waals surface area contributed by atoms with E-state index in [4.69, 9.17) is 0 Å². The smallest absolute Gasteiger partial charge is 0.177 e. The van der Waals surface area contributed by atoms with Crippen LogP contribution >= 0.6 is 11.3 Å². The van der Waals surface area contributed by atoms with E-state index in [-0.39, 0.29) is 0 Å². The number of benzene rings is 1. The number of rotatable bonds is 6. The minimum Gasteiger partial charge on any atom is -0.384 e. The highest BCUT2D eigenvalue weighted by atomic mass is 32.2. The number of nitrogens with zero attached hydrogens (tertiary/aromatic N) is 1. The topological polar surface area (TPSA) is 59.1 Å². The van der Waals surface area contributed by atoms with Gasteiger partial charge in [-0.15, -0.1) is 11.3 Å². The van der Waals surface area contributed by atoms with Crippen LogP contribution < -0.4 is 5.32 Å². The molecule has 1 heterocycles. The van der Waals surface area contributed by atoms with E-state index < -0.39 is 9.84 Å². The molecular formula is C14H18N2O2S2. The highest BCUT2D eigenvalue weighted by Crippen LogP contribution is 2.21. The van der Waals surface area contributed by atoms with E-state index in [1.807, 2.05) is 12.3 Å². The molecule has 0 bridgehead atoms. The average molecular weight is 310 g/mol. The fourth-order valence-corrected chi connectivity index (χ4v) is 3.59. The van der Waals surface area contributed by atoms with E-state index in [0.717, 1.165) is 17.8 Å². The van der Waals surface area contributed by atoms with Crippen molar-refractivity contribution < 1.29 is 8.42 Å². The van der Waals surface area contributed by atoms with Crippen molar-refractivity contribution in [1.29, 1.82) is 0 Å². The summed E-state index contributed by atoms with van der Waals surface area (Å²) in [7, 11) is -3.20. The summed E-state index contributed by atoms with van der Waals surface area (Å²) in [6.07, 6.45) is 4.93. The molecule has 0 amide bonds. The maximum absolute atomic E-state index is 11.7. The van der Waals surface area contributed by atoms with Gasteiger partial charge in [-0.25, -0.2) is 13.4 Å². The van der Waals surface area contributed by atoms with Crippen LogP contribution in [0.25, 0.3) is 0 Å². The van der Waals surface area contributed by atoms with Crippen LogP contribution in [0.5, 0.6) is 0 Å². The fraction of sp³-hybridized carbons (Fsp3) is 0.357. The molecule has 0 saturated heterocycles. The summed E-state index contributed by atoms with van der Waals surface area (Å²) in [6.45, 7) is 2.78. The molecule has 0 saturated carbocycles. The molecule has 0 aliphatic rings. The lowest BCUT2D eigenvalue weighted by atomic mass is 10.3. The van der Waals surface area contributed by atoms with Crippen LogP contribution in [-0.2, 0) is 22.7 Å². The monoisotopic (exact) mass is 310 g/mol. The third-order valence-corrected chi connectivity index (χ3v) is 5.25. The molecule has 0 aliphatic carbocycles. The van der Waals surface area contributed by atoms with Crippen LogP contribution in [0.2, 0.25) is 0 Å². The van der Waals surface area contributed by atoms with Crippen molar-refractivity contribution in [3.8, 4) is 0 Å². The summed E-state index contributed by atoms with van der Waals surface area (Å²) >= 11 is 1.71. The van der Waals surface area contributed by atoms with Crippen molar-refractivity contribution in [3.63, 3.8) is 0 Å². The van der Waals surface area contributed by atoms with Crippen LogP contribution in [-0.4, -0.2) is 26.2 Å². The van der Waals surface area contributed by atoms with Gasteiger partial charge in [-0.1, -0.05) is 19.1 Å². The predicted octanol–water partition coefficient (Wildman–Crippen LogP) is 2.76. The van der Waals surface area contributed by atoms with E-state index in [0.29, 0.717) is 17.1 Å². The van der Waals surface area contributed by atoms with Gasteiger partial charge in [0.05, 0.1) is 15.6 Å². The molecule has 2 rings (SSSR count). The van der Waals surface area contributed by atoms with Crippen molar-refractivity contribution in [2.45, 2.75) is 24.7 Å². The van der Waals surface area contributed by atoms with Gasteiger partial charge in [0.1, 0.15) is 0 Å². The zero-order valence-corrected chi connectivity index (χ0v) is 13.2. The van der Waals surface area contributed by atoms with E-state index >= 15 is 0 Å². The quantitative estimate of drug-likeness (QED) is 0.891. The highest BCUT2D eigenvalue weighted by molar-refractivity contribution is 7.90. The van der Waals surface area contributed by atoms with Crippen LogP contribution in [0, 0.1) is 0 Å². The second-order valence-electron chi connectivity index (χ2n) is 4.52. The number of para-hydroxylation sites is 1. The van der Waals surface area contributed by atoms with Gasteiger partial charge in [-0.05, 0) is 18.6 Å². The first kappa shape index (κ1) is 15.0. The summed E-state index contributed by atoms with van der Waals surface area (Å²) < 4.78 is 23.4. The van der Waals surface area contributed by atoms with Gasteiger partial charge in [-0.3, -0.25) is 0 Å². The Morgan fingerprint density at radius 1 is 1.30 bits per heavy atom. The Labute approximate surface area is 123 Å². The van der Waals surface area contributed by atoms with Crippen LogP contribution in [0.15, 0.2) is 35.4 Å². The zero-order valence-electron chi connectivity index (χ0n) is 11.6. The first-order valence-corrected chi connectivity index (χ1v) is 9.18. The first-order valence-electron chi connectivity index (χ1n) is 6.47. The van der Waals surface area contributed by atoms with Crippen molar-refractivity contribution in [3.05, 3.63) is 40.3 Å². The maximum atomic E-state index is 11.7. The first-order chi connectivity index (χ1) is 9.50. The lowest BCUT2D eigenvalue weighted by molar-refractivity contribution is 0.602. The third-order valence-electron chi connectivity index (χ3n) is 2.89. The summed E-state index contributed by atoms with van der Waals surface area (Å²) in [5.74, 6) is 0. The molecule has 6 heteroatoms. The van der Waals surface area contributed by atoms with Crippen molar-refractivity contribution in [1.82, 2.24) is 4.98 Å². The lowest BCUT2D eigenvalue weighted by Gasteiger charge is -2.09. The maximum Gasteiger partial charge on any atom is 0.177 e. The average Bonchev–Trinajstić information content (AvgIpc) is 2.86. The number of sulfone groups is 1. The highest BCUT2D eigenvalue weighted by Gasteiger charge is 2.12. The van der Waals surface area contributed by atoms with Crippen molar-refractivity contribution >= 4 is 26.9 Å². The Kier molecular flexibility index (Phi) is 4.77. The number of aromatic nitrogens is 1. The second kappa shape index (κ2) is 6.37. The molecule has 108 valence electrons. The lowest BCUT2D eigenvalue weighted by Crippen LogP contribution is -2.09. The van der Waals surface area contributed by atoms with Gasteiger partial charge in [0.15, 0.2) is 9.84 Å². The molecule has 1 N–H and O–H groups in total. The van der Waals surface area contributed by atoms with Crippen LogP contribution in [0.1, 0.15) is 16.8 Å². The Balaban J connectivity index is 2.01. The van der Waals surface area contributed by atoms with E-state index in [1.54, 1.807) is 29.5 Å². The summed E-state index contributed by atoms with van der Waals surface area (Å²) in [5.41, 5.74) is 0.655. The Morgan fingerprint density at radius 3 is 2.70 bits per heavy atom. The van der Waals surface area contributed by atoms with Gasteiger partial charge < -0.3 is 5.32 Å². The van der Waals surface area contributed by atoms with Gasteiger partial charge in [0, 0.05) is 30.3 Å². The van der Waals surface area contributed by atoms with Crippen LogP contribution in [0.4, 0.5) is 5.69 Å². The molecule has 0 unspecified atom stereocenters. The minimum absolute atomic E-state index is 0.341. The molecule has 2 aromatic rings. The standard InChI is InChI=1S/C14H18N2O2S2/c1-3-11-10-16-14(19-11)8-9-15-12-6-4-5-7-13(12)20(2,17)18/h4-7,10,15H,3,8-9H2,1-2H3. The molecule has 0 fully saturated rings. The van der Waals surface area contributed by atoms with Gasteiger partial charge in [0.25, 0.3) is 0 Å². The predicted molar refractivity (Wildman–Crippen MR) is 83.2 cm³/mol. The number of aryl methyl sites for hydroxylation is 1. The molecule has 0 aliphatic heterocycles. The number of anilines is 1. The normalized spacial score (nSPS) is 11.5. The third kappa shape index (κ3) is 3.80. The van der Waals surface area contributed by atoms with Gasteiger partial charge in [0.2, 0.25) is 0 Å².